The standard InChI is InChI=1S/C20H21N5O2/c1-15(26)23-14-16-2-4-18(5-3-16)20(27)25-10-8-24(9-11-25)19-12-17(13-21)6-7-22-19/h2-7,12H,8-11,14H2,1H3,(H,23,26). The van der Waals surface area contributed by atoms with Crippen LogP contribution in [0.2, 0.25) is 0 Å². The van der Waals surface area contributed by atoms with Crippen LogP contribution in [0.4, 0.5) is 5.82 Å². The molecule has 7 heteroatoms. The zero-order valence-corrected chi connectivity index (χ0v) is 15.2. The van der Waals surface area contributed by atoms with E-state index in [0.717, 1.165) is 11.4 Å². The van der Waals surface area contributed by atoms with E-state index in [0.29, 0.717) is 43.9 Å². The summed E-state index contributed by atoms with van der Waals surface area (Å²) in [6.07, 6.45) is 1.63. The van der Waals surface area contributed by atoms with E-state index in [9.17, 15) is 9.59 Å². The fourth-order valence-corrected chi connectivity index (χ4v) is 2.97. The maximum atomic E-state index is 12.7. The number of nitriles is 1. The Morgan fingerprint density at radius 2 is 1.85 bits per heavy atom. The van der Waals surface area contributed by atoms with Gasteiger partial charge in [0.1, 0.15) is 5.82 Å². The molecule has 0 atom stereocenters. The van der Waals surface area contributed by atoms with E-state index >= 15 is 0 Å². The Kier molecular flexibility index (Phi) is 5.67. The number of aromatic nitrogens is 1. The average molecular weight is 363 g/mol. The van der Waals surface area contributed by atoms with Crippen LogP contribution in [0, 0.1) is 11.3 Å². The van der Waals surface area contributed by atoms with Gasteiger partial charge in [0.15, 0.2) is 0 Å². The van der Waals surface area contributed by atoms with Crippen molar-refractivity contribution in [1.29, 1.82) is 5.26 Å². The number of rotatable bonds is 4. The van der Waals surface area contributed by atoms with Crippen LogP contribution in [-0.2, 0) is 11.3 Å². The van der Waals surface area contributed by atoms with Gasteiger partial charge in [0.2, 0.25) is 5.91 Å². The molecule has 2 heterocycles. The molecule has 1 N–H and O–H groups in total. The molecule has 0 bridgehead atoms. The summed E-state index contributed by atoms with van der Waals surface area (Å²) in [7, 11) is 0. The van der Waals surface area contributed by atoms with E-state index in [1.54, 1.807) is 30.5 Å². The number of carbonyl (C=O) groups is 2. The summed E-state index contributed by atoms with van der Waals surface area (Å²) in [5.41, 5.74) is 2.17. The first-order valence-corrected chi connectivity index (χ1v) is 8.80. The summed E-state index contributed by atoms with van der Waals surface area (Å²) in [6, 6.07) is 12.9. The lowest BCUT2D eigenvalue weighted by molar-refractivity contribution is -0.119. The zero-order chi connectivity index (χ0) is 19.2. The van der Waals surface area contributed by atoms with Gasteiger partial charge in [0.25, 0.3) is 5.91 Å². The Morgan fingerprint density at radius 3 is 2.48 bits per heavy atom. The second kappa shape index (κ2) is 8.32. The summed E-state index contributed by atoms with van der Waals surface area (Å²) in [4.78, 5) is 31.9. The lowest BCUT2D eigenvalue weighted by atomic mass is 10.1. The van der Waals surface area contributed by atoms with Gasteiger partial charge in [-0.15, -0.1) is 0 Å². The molecule has 0 aliphatic carbocycles. The van der Waals surface area contributed by atoms with Crippen LogP contribution < -0.4 is 10.2 Å². The minimum atomic E-state index is -0.0807. The van der Waals surface area contributed by atoms with Crippen LogP contribution in [0.5, 0.6) is 0 Å². The van der Waals surface area contributed by atoms with Crippen LogP contribution >= 0.6 is 0 Å². The second-order valence-electron chi connectivity index (χ2n) is 6.40. The summed E-state index contributed by atoms with van der Waals surface area (Å²) in [5.74, 6) is 0.686. The highest BCUT2D eigenvalue weighted by Crippen LogP contribution is 2.16. The maximum absolute atomic E-state index is 12.7. The summed E-state index contributed by atoms with van der Waals surface area (Å²) < 4.78 is 0. The van der Waals surface area contributed by atoms with Crippen LogP contribution in [-0.4, -0.2) is 47.9 Å². The van der Waals surface area contributed by atoms with Crippen LogP contribution in [0.15, 0.2) is 42.6 Å². The van der Waals surface area contributed by atoms with E-state index in [4.69, 9.17) is 5.26 Å². The van der Waals surface area contributed by atoms with Gasteiger partial charge < -0.3 is 15.1 Å². The van der Waals surface area contributed by atoms with E-state index in [1.165, 1.54) is 6.92 Å². The van der Waals surface area contributed by atoms with Gasteiger partial charge in [0.05, 0.1) is 11.6 Å². The van der Waals surface area contributed by atoms with Crippen molar-refractivity contribution < 1.29 is 9.59 Å². The highest BCUT2D eigenvalue weighted by molar-refractivity contribution is 5.94. The van der Waals surface area contributed by atoms with Crippen LogP contribution in [0.3, 0.4) is 0 Å². The third-order valence-corrected chi connectivity index (χ3v) is 4.51. The van der Waals surface area contributed by atoms with Gasteiger partial charge in [-0.2, -0.15) is 5.26 Å². The van der Waals surface area contributed by atoms with Crippen molar-refractivity contribution in [3.05, 3.63) is 59.3 Å². The minimum Gasteiger partial charge on any atom is -0.353 e. The highest BCUT2D eigenvalue weighted by atomic mass is 16.2. The third kappa shape index (κ3) is 4.61. The molecule has 1 fully saturated rings. The predicted molar refractivity (Wildman–Crippen MR) is 101 cm³/mol. The number of pyridine rings is 1. The Bertz CT molecular complexity index is 865. The fraction of sp³-hybridized carbons (Fsp3) is 0.300. The Labute approximate surface area is 158 Å². The second-order valence-corrected chi connectivity index (χ2v) is 6.40. The van der Waals surface area contributed by atoms with Crippen LogP contribution in [0.25, 0.3) is 0 Å². The lowest BCUT2D eigenvalue weighted by Crippen LogP contribution is -2.49. The smallest absolute Gasteiger partial charge is 0.253 e. The largest absolute Gasteiger partial charge is 0.353 e. The minimum absolute atomic E-state index is 0.000498. The molecule has 138 valence electrons. The van der Waals surface area contributed by atoms with E-state index < -0.39 is 0 Å². The molecule has 2 aromatic rings. The first-order valence-electron chi connectivity index (χ1n) is 8.80. The molecule has 0 radical (unpaired) electrons. The molecule has 1 aliphatic rings. The highest BCUT2D eigenvalue weighted by Gasteiger charge is 2.23. The topological polar surface area (TPSA) is 89.3 Å². The maximum Gasteiger partial charge on any atom is 0.253 e. The normalized spacial score (nSPS) is 13.8. The lowest BCUT2D eigenvalue weighted by Gasteiger charge is -2.35. The number of hydrogen-bond acceptors (Lipinski definition) is 5. The van der Waals surface area contributed by atoms with E-state index in [1.807, 2.05) is 17.0 Å². The third-order valence-electron chi connectivity index (χ3n) is 4.51. The SMILES string of the molecule is CC(=O)NCc1ccc(C(=O)N2CCN(c3cc(C#N)ccn3)CC2)cc1. The first-order chi connectivity index (χ1) is 13.1. The van der Waals surface area contributed by atoms with Crippen LogP contribution in [0.1, 0.15) is 28.4 Å². The number of anilines is 1. The molecule has 1 aliphatic heterocycles. The van der Waals surface area contributed by atoms with Gasteiger partial charge >= 0.3 is 0 Å². The number of hydrogen-bond donors (Lipinski definition) is 1. The molecular formula is C20H21N5O2. The summed E-state index contributed by atoms with van der Waals surface area (Å²) in [6.45, 7) is 4.49. The van der Waals surface area contributed by atoms with Crippen molar-refractivity contribution in [2.24, 2.45) is 0 Å². The molecule has 3 rings (SSSR count). The molecule has 27 heavy (non-hydrogen) atoms. The zero-order valence-electron chi connectivity index (χ0n) is 15.2. The van der Waals surface area contributed by atoms with Crippen molar-refractivity contribution in [2.75, 3.05) is 31.1 Å². The number of nitrogens with one attached hydrogen (secondary N) is 1. The Hall–Kier alpha value is -3.40. The molecular weight excluding hydrogens is 342 g/mol. The molecule has 1 aromatic heterocycles. The van der Waals surface area contributed by atoms with E-state index in [-0.39, 0.29) is 11.8 Å². The predicted octanol–water partition coefficient (Wildman–Crippen LogP) is 1.55. The fourth-order valence-electron chi connectivity index (χ4n) is 2.97. The molecule has 0 unspecified atom stereocenters. The number of carbonyl (C=O) groups excluding carboxylic acids is 2. The van der Waals surface area contributed by atoms with Gasteiger partial charge in [-0.3, -0.25) is 9.59 Å². The van der Waals surface area contributed by atoms with Crippen molar-refractivity contribution in [2.45, 2.75) is 13.5 Å². The number of benzene rings is 1. The van der Waals surface area contributed by atoms with Crippen molar-refractivity contribution in [1.82, 2.24) is 15.2 Å². The number of nitrogens with zero attached hydrogens (tertiary/aromatic N) is 4. The quantitative estimate of drug-likeness (QED) is 0.890. The molecule has 1 aromatic carbocycles. The van der Waals surface area contributed by atoms with Gasteiger partial charge in [-0.05, 0) is 29.8 Å². The van der Waals surface area contributed by atoms with Crippen molar-refractivity contribution >= 4 is 17.6 Å². The van der Waals surface area contributed by atoms with E-state index in [2.05, 4.69) is 21.3 Å². The molecule has 7 nitrogen and oxygen atoms in total. The van der Waals surface area contributed by atoms with Gasteiger partial charge in [0, 0.05) is 51.4 Å². The monoisotopic (exact) mass is 363 g/mol. The summed E-state index contributed by atoms with van der Waals surface area (Å²) >= 11 is 0. The Morgan fingerprint density at radius 1 is 1.15 bits per heavy atom. The molecule has 0 saturated carbocycles. The average Bonchev–Trinajstić information content (AvgIpc) is 2.72. The molecule has 1 saturated heterocycles. The molecule has 0 spiro atoms. The Balaban J connectivity index is 1.58. The molecule has 2 amide bonds. The van der Waals surface area contributed by atoms with Gasteiger partial charge in [-0.25, -0.2) is 4.98 Å². The summed E-state index contributed by atoms with van der Waals surface area (Å²) in [5, 5.41) is 11.7. The van der Waals surface area contributed by atoms with Crippen molar-refractivity contribution in [3.63, 3.8) is 0 Å². The van der Waals surface area contributed by atoms with Gasteiger partial charge in [-0.1, -0.05) is 12.1 Å². The first kappa shape index (κ1) is 18.4. The number of piperazine rings is 1. The van der Waals surface area contributed by atoms with Crippen molar-refractivity contribution in [3.8, 4) is 6.07 Å². The number of amides is 2.